The summed E-state index contributed by atoms with van der Waals surface area (Å²) in [5.74, 6) is 0.681. The second kappa shape index (κ2) is 9.73. The number of carbonyl (C=O) groups is 2. The Bertz CT molecular complexity index is 994. The lowest BCUT2D eigenvalue weighted by Crippen LogP contribution is -2.31. The van der Waals surface area contributed by atoms with Gasteiger partial charge in [-0.2, -0.15) is 0 Å². The summed E-state index contributed by atoms with van der Waals surface area (Å²) in [4.78, 5) is 23.7. The van der Waals surface area contributed by atoms with Gasteiger partial charge in [0.15, 0.2) is 12.9 Å². The highest BCUT2D eigenvalue weighted by molar-refractivity contribution is 5.87. The summed E-state index contributed by atoms with van der Waals surface area (Å²) in [6.45, 7) is 4.34. The van der Waals surface area contributed by atoms with E-state index >= 15 is 0 Å². The van der Waals surface area contributed by atoms with Crippen LogP contribution < -0.4 is 14.8 Å². The fraction of sp³-hybridized carbons (Fsp3) is 0.250. The Morgan fingerprint density at radius 3 is 2.66 bits per heavy atom. The zero-order valence-electron chi connectivity index (χ0n) is 16.7. The van der Waals surface area contributed by atoms with E-state index in [-0.39, 0.29) is 18.6 Å². The van der Waals surface area contributed by atoms with E-state index in [9.17, 15) is 9.59 Å². The maximum absolute atomic E-state index is 12.4. The molecule has 0 aliphatic carbocycles. The largest absolute Gasteiger partial charge is 0.493 e. The standard InChI is InChI=1S/C24H25NO4/c1-3-13-28-20-12-11-19(15-26)23(14-20)29-16-24(27)25-17(2)21-10-6-8-18-7-4-5-9-22(18)21/h4-12,14-15,17H,3,13,16H2,1-2H3,(H,25,27)/t17-/m0/s1. The molecule has 3 aromatic carbocycles. The van der Waals surface area contributed by atoms with Crippen molar-refractivity contribution in [1.82, 2.24) is 5.32 Å². The first kappa shape index (κ1) is 20.4. The van der Waals surface area contributed by atoms with Crippen molar-refractivity contribution in [3.8, 4) is 11.5 Å². The molecule has 0 heterocycles. The molecule has 0 aromatic heterocycles. The molecule has 0 spiro atoms. The maximum atomic E-state index is 12.4. The van der Waals surface area contributed by atoms with E-state index < -0.39 is 0 Å². The highest BCUT2D eigenvalue weighted by atomic mass is 16.5. The Hall–Kier alpha value is -3.34. The number of hydrogen-bond acceptors (Lipinski definition) is 4. The average molecular weight is 391 g/mol. The molecule has 5 nitrogen and oxygen atoms in total. The summed E-state index contributed by atoms with van der Waals surface area (Å²) in [5, 5.41) is 5.19. The number of nitrogens with one attached hydrogen (secondary N) is 1. The minimum absolute atomic E-state index is 0.179. The van der Waals surface area contributed by atoms with Gasteiger partial charge in [-0.3, -0.25) is 9.59 Å². The molecule has 5 heteroatoms. The molecule has 0 saturated heterocycles. The average Bonchev–Trinajstić information content (AvgIpc) is 2.75. The molecule has 0 aliphatic heterocycles. The van der Waals surface area contributed by atoms with E-state index in [2.05, 4.69) is 5.32 Å². The molecule has 1 amide bonds. The van der Waals surface area contributed by atoms with Crippen LogP contribution in [0.2, 0.25) is 0 Å². The van der Waals surface area contributed by atoms with Crippen LogP contribution in [-0.2, 0) is 4.79 Å². The highest BCUT2D eigenvalue weighted by Gasteiger charge is 2.14. The Balaban J connectivity index is 1.66. The summed E-state index contributed by atoms with van der Waals surface area (Å²) in [6, 6.07) is 18.9. The van der Waals surface area contributed by atoms with Crippen molar-refractivity contribution in [2.24, 2.45) is 0 Å². The summed E-state index contributed by atoms with van der Waals surface area (Å²) in [7, 11) is 0. The van der Waals surface area contributed by atoms with Gasteiger partial charge in [0.25, 0.3) is 5.91 Å². The highest BCUT2D eigenvalue weighted by Crippen LogP contribution is 2.25. The maximum Gasteiger partial charge on any atom is 0.258 e. The topological polar surface area (TPSA) is 64.6 Å². The smallest absolute Gasteiger partial charge is 0.258 e. The first-order chi connectivity index (χ1) is 14.1. The monoisotopic (exact) mass is 391 g/mol. The molecule has 0 bridgehead atoms. The third-order valence-corrected chi connectivity index (χ3v) is 4.61. The summed E-state index contributed by atoms with van der Waals surface area (Å²) >= 11 is 0. The van der Waals surface area contributed by atoms with Gasteiger partial charge < -0.3 is 14.8 Å². The van der Waals surface area contributed by atoms with Gasteiger partial charge in [-0.05, 0) is 41.8 Å². The normalized spacial score (nSPS) is 11.7. The molecule has 1 N–H and O–H groups in total. The lowest BCUT2D eigenvalue weighted by atomic mass is 10.00. The lowest BCUT2D eigenvalue weighted by Gasteiger charge is -2.17. The molecule has 0 aliphatic rings. The molecular weight excluding hydrogens is 366 g/mol. The van der Waals surface area contributed by atoms with Gasteiger partial charge >= 0.3 is 0 Å². The number of carbonyl (C=O) groups excluding carboxylic acids is 2. The molecule has 29 heavy (non-hydrogen) atoms. The van der Waals surface area contributed by atoms with Crippen LogP contribution in [0.25, 0.3) is 10.8 Å². The molecule has 1 atom stereocenters. The van der Waals surface area contributed by atoms with Gasteiger partial charge in [0.1, 0.15) is 11.5 Å². The summed E-state index contributed by atoms with van der Waals surface area (Å²) in [6.07, 6.45) is 1.58. The summed E-state index contributed by atoms with van der Waals surface area (Å²) < 4.78 is 11.2. The van der Waals surface area contributed by atoms with Gasteiger partial charge in [-0.15, -0.1) is 0 Å². The Morgan fingerprint density at radius 1 is 1.07 bits per heavy atom. The van der Waals surface area contributed by atoms with E-state index in [4.69, 9.17) is 9.47 Å². The number of fused-ring (bicyclic) bond motifs is 1. The number of hydrogen-bond donors (Lipinski definition) is 1. The first-order valence-electron chi connectivity index (χ1n) is 9.74. The van der Waals surface area contributed by atoms with E-state index in [0.717, 1.165) is 22.8 Å². The number of benzene rings is 3. The van der Waals surface area contributed by atoms with Gasteiger partial charge in [-0.1, -0.05) is 49.4 Å². The third kappa shape index (κ3) is 5.13. The predicted molar refractivity (Wildman–Crippen MR) is 114 cm³/mol. The first-order valence-corrected chi connectivity index (χ1v) is 9.74. The van der Waals surface area contributed by atoms with Gasteiger partial charge in [0.2, 0.25) is 0 Å². The second-order valence-electron chi connectivity index (χ2n) is 6.81. The van der Waals surface area contributed by atoms with Crippen molar-refractivity contribution in [3.63, 3.8) is 0 Å². The Morgan fingerprint density at radius 2 is 1.86 bits per heavy atom. The molecule has 0 fully saturated rings. The molecule has 150 valence electrons. The second-order valence-corrected chi connectivity index (χ2v) is 6.81. The Labute approximate surface area is 170 Å². The van der Waals surface area contributed by atoms with E-state index in [1.54, 1.807) is 18.2 Å². The van der Waals surface area contributed by atoms with E-state index in [1.165, 1.54) is 0 Å². The van der Waals surface area contributed by atoms with Gasteiger partial charge in [0.05, 0.1) is 18.2 Å². The van der Waals surface area contributed by atoms with Crippen LogP contribution in [0.1, 0.15) is 42.2 Å². The van der Waals surface area contributed by atoms with E-state index in [1.807, 2.05) is 56.3 Å². The SMILES string of the molecule is CCCOc1ccc(C=O)c(OCC(=O)N[C@@H](C)c2cccc3ccccc23)c1. The molecule has 3 rings (SSSR count). The van der Waals surface area contributed by atoms with Crippen molar-refractivity contribution >= 4 is 23.0 Å². The number of amides is 1. The van der Waals surface area contributed by atoms with Crippen LogP contribution >= 0.6 is 0 Å². The van der Waals surface area contributed by atoms with Crippen LogP contribution in [0.15, 0.2) is 60.7 Å². The van der Waals surface area contributed by atoms with Crippen LogP contribution in [-0.4, -0.2) is 25.4 Å². The van der Waals surface area contributed by atoms with Crippen molar-refractivity contribution in [3.05, 3.63) is 71.8 Å². The third-order valence-electron chi connectivity index (χ3n) is 4.61. The van der Waals surface area contributed by atoms with Gasteiger partial charge in [0, 0.05) is 6.07 Å². The van der Waals surface area contributed by atoms with Crippen molar-refractivity contribution in [2.45, 2.75) is 26.3 Å². The van der Waals surface area contributed by atoms with Crippen molar-refractivity contribution < 1.29 is 19.1 Å². The number of rotatable bonds is 9. The molecule has 0 radical (unpaired) electrons. The predicted octanol–water partition coefficient (Wildman–Crippen LogP) is 4.70. The van der Waals surface area contributed by atoms with Crippen LogP contribution in [0.4, 0.5) is 0 Å². The molecular formula is C24H25NO4. The minimum Gasteiger partial charge on any atom is -0.493 e. The quantitative estimate of drug-likeness (QED) is 0.537. The minimum atomic E-state index is -0.262. The van der Waals surface area contributed by atoms with E-state index in [0.29, 0.717) is 30.0 Å². The summed E-state index contributed by atoms with van der Waals surface area (Å²) in [5.41, 5.74) is 1.42. The van der Waals surface area contributed by atoms with Crippen LogP contribution in [0, 0.1) is 0 Å². The lowest BCUT2D eigenvalue weighted by molar-refractivity contribution is -0.123. The molecule has 0 saturated carbocycles. The van der Waals surface area contributed by atoms with Crippen molar-refractivity contribution in [1.29, 1.82) is 0 Å². The molecule has 3 aromatic rings. The fourth-order valence-electron chi connectivity index (χ4n) is 3.18. The van der Waals surface area contributed by atoms with Crippen molar-refractivity contribution in [2.75, 3.05) is 13.2 Å². The number of aldehydes is 1. The number of ether oxygens (including phenoxy) is 2. The van der Waals surface area contributed by atoms with Crippen LogP contribution in [0.5, 0.6) is 11.5 Å². The zero-order chi connectivity index (χ0) is 20.6. The Kier molecular flexibility index (Phi) is 6.85. The molecule has 0 unspecified atom stereocenters. The van der Waals surface area contributed by atoms with Gasteiger partial charge in [-0.25, -0.2) is 0 Å². The zero-order valence-corrected chi connectivity index (χ0v) is 16.7. The fourth-order valence-corrected chi connectivity index (χ4v) is 3.18. The van der Waals surface area contributed by atoms with Crippen LogP contribution in [0.3, 0.4) is 0 Å².